The van der Waals surface area contributed by atoms with E-state index >= 15 is 0 Å². The highest BCUT2D eigenvalue weighted by atomic mass is 19.4. The molecule has 6 heteroatoms. The second-order valence-electron chi connectivity index (χ2n) is 5.18. The average molecular weight is 260 g/mol. The molecule has 2 rings (SSSR count). The lowest BCUT2D eigenvalue weighted by Crippen LogP contribution is -2.13. The van der Waals surface area contributed by atoms with Gasteiger partial charge >= 0.3 is 6.18 Å². The second kappa shape index (κ2) is 3.70. The molecule has 0 aliphatic heterocycles. The summed E-state index contributed by atoms with van der Waals surface area (Å²) in [5.41, 5.74) is -0.926. The summed E-state index contributed by atoms with van der Waals surface area (Å²) in [5, 5.41) is 0. The molecule has 0 fully saturated rings. The average Bonchev–Trinajstić information content (AvgIpc) is 2.57. The zero-order valence-electron chi connectivity index (χ0n) is 10.1. The first-order valence-corrected chi connectivity index (χ1v) is 5.35. The highest BCUT2D eigenvalue weighted by Crippen LogP contribution is 2.32. The predicted molar refractivity (Wildman–Crippen MR) is 58.9 cm³/mol. The summed E-state index contributed by atoms with van der Waals surface area (Å²) in [7, 11) is 0. The third-order valence-corrected chi connectivity index (χ3v) is 2.62. The van der Waals surface area contributed by atoms with Crippen LogP contribution in [0.4, 0.5) is 17.6 Å². The van der Waals surface area contributed by atoms with Crippen molar-refractivity contribution in [2.24, 2.45) is 0 Å². The van der Waals surface area contributed by atoms with Crippen LogP contribution in [0.1, 0.15) is 32.0 Å². The molecular weight excluding hydrogens is 248 g/mol. The van der Waals surface area contributed by atoms with Crippen LogP contribution in [0.2, 0.25) is 0 Å². The van der Waals surface area contributed by atoms with Crippen molar-refractivity contribution in [2.75, 3.05) is 0 Å². The van der Waals surface area contributed by atoms with Crippen LogP contribution >= 0.6 is 0 Å². The Morgan fingerprint density at radius 1 is 1.11 bits per heavy atom. The summed E-state index contributed by atoms with van der Waals surface area (Å²) >= 11 is 0. The lowest BCUT2D eigenvalue weighted by atomic mass is 9.88. The third-order valence-electron chi connectivity index (χ3n) is 2.62. The summed E-state index contributed by atoms with van der Waals surface area (Å²) in [5.74, 6) is -0.585. The number of hydrogen-bond acceptors (Lipinski definition) is 1. The molecule has 0 aromatic carbocycles. The smallest absolute Gasteiger partial charge is 0.303 e. The number of nitrogens with zero attached hydrogens (tertiary/aromatic N) is 2. The number of imidazole rings is 1. The van der Waals surface area contributed by atoms with Gasteiger partial charge in [0.25, 0.3) is 0 Å². The van der Waals surface area contributed by atoms with Crippen LogP contribution in [0.15, 0.2) is 18.5 Å². The molecule has 0 saturated carbocycles. The van der Waals surface area contributed by atoms with Crippen molar-refractivity contribution in [3.63, 3.8) is 0 Å². The number of alkyl halides is 3. The number of pyridine rings is 1. The van der Waals surface area contributed by atoms with E-state index in [1.807, 2.05) is 0 Å². The quantitative estimate of drug-likeness (QED) is 0.659. The summed E-state index contributed by atoms with van der Waals surface area (Å²) in [4.78, 5) is 3.56. The second-order valence-corrected chi connectivity index (χ2v) is 5.18. The first-order chi connectivity index (χ1) is 8.09. The van der Waals surface area contributed by atoms with Gasteiger partial charge in [0.2, 0.25) is 0 Å². The van der Waals surface area contributed by atoms with Gasteiger partial charge in [-0.25, -0.2) is 9.37 Å². The number of hydrogen-bond donors (Lipinski definition) is 0. The molecule has 0 atom stereocenters. The molecule has 2 heterocycles. The zero-order valence-corrected chi connectivity index (χ0v) is 10.1. The van der Waals surface area contributed by atoms with Crippen molar-refractivity contribution < 1.29 is 17.6 Å². The van der Waals surface area contributed by atoms with Crippen molar-refractivity contribution in [2.45, 2.75) is 32.4 Å². The van der Waals surface area contributed by atoms with Crippen LogP contribution < -0.4 is 0 Å². The minimum absolute atomic E-state index is 0.135. The molecule has 0 bridgehead atoms. The van der Waals surface area contributed by atoms with E-state index in [-0.39, 0.29) is 5.65 Å². The molecule has 0 saturated heterocycles. The van der Waals surface area contributed by atoms with E-state index in [0.29, 0.717) is 5.56 Å². The molecule has 0 radical (unpaired) electrons. The number of rotatable bonds is 0. The Morgan fingerprint density at radius 2 is 1.72 bits per heavy atom. The van der Waals surface area contributed by atoms with Crippen LogP contribution in [0.3, 0.4) is 0 Å². The van der Waals surface area contributed by atoms with Crippen LogP contribution in [-0.2, 0) is 11.6 Å². The van der Waals surface area contributed by atoms with E-state index in [1.54, 1.807) is 20.8 Å². The van der Waals surface area contributed by atoms with Crippen LogP contribution in [0, 0.1) is 5.82 Å². The lowest BCUT2D eigenvalue weighted by Gasteiger charge is -2.19. The molecule has 0 N–H and O–H groups in total. The molecule has 0 unspecified atom stereocenters. The highest BCUT2D eigenvalue weighted by molar-refractivity contribution is 5.52. The minimum Gasteiger partial charge on any atom is -0.303 e. The van der Waals surface area contributed by atoms with E-state index < -0.39 is 23.1 Å². The Balaban J connectivity index is 2.76. The van der Waals surface area contributed by atoms with Crippen molar-refractivity contribution in [1.29, 1.82) is 0 Å². The van der Waals surface area contributed by atoms with E-state index in [0.717, 1.165) is 16.8 Å². The number of halogens is 4. The molecule has 0 aliphatic carbocycles. The number of fused-ring (bicyclic) bond motifs is 1. The standard InChI is InChI=1S/C12H12F4N2/c1-11(2,3)8-4-7(13)5-18-6-9(12(14,15)16)17-10(8)18/h4-6H,1-3H3. The molecule has 18 heavy (non-hydrogen) atoms. The van der Waals surface area contributed by atoms with Crippen molar-refractivity contribution in [3.05, 3.63) is 35.5 Å². The maximum Gasteiger partial charge on any atom is 0.434 e. The SMILES string of the molecule is CC(C)(C)c1cc(F)cn2cc(C(F)(F)F)nc12. The molecule has 0 aliphatic rings. The monoisotopic (exact) mass is 260 g/mol. The largest absolute Gasteiger partial charge is 0.434 e. The van der Waals surface area contributed by atoms with Gasteiger partial charge in [-0.1, -0.05) is 20.8 Å². The predicted octanol–water partition coefficient (Wildman–Crippen LogP) is 3.79. The normalized spacial score (nSPS) is 13.3. The topological polar surface area (TPSA) is 17.3 Å². The van der Waals surface area contributed by atoms with Crippen molar-refractivity contribution in [1.82, 2.24) is 9.38 Å². The molecule has 2 aromatic heterocycles. The zero-order chi connectivity index (χ0) is 13.7. The van der Waals surface area contributed by atoms with Gasteiger partial charge in [0.1, 0.15) is 11.5 Å². The lowest BCUT2D eigenvalue weighted by molar-refractivity contribution is -0.140. The highest BCUT2D eigenvalue weighted by Gasteiger charge is 2.35. The fourth-order valence-electron chi connectivity index (χ4n) is 1.75. The molecule has 2 nitrogen and oxygen atoms in total. The van der Waals surface area contributed by atoms with E-state index in [9.17, 15) is 17.6 Å². The molecule has 0 spiro atoms. The maximum absolute atomic E-state index is 13.4. The Labute approximate surface area is 101 Å². The summed E-state index contributed by atoms with van der Waals surface area (Å²) < 4.78 is 52.2. The van der Waals surface area contributed by atoms with Gasteiger partial charge < -0.3 is 4.40 Å². The maximum atomic E-state index is 13.4. The van der Waals surface area contributed by atoms with Gasteiger partial charge in [0, 0.05) is 18.0 Å². The van der Waals surface area contributed by atoms with Gasteiger partial charge in [-0.3, -0.25) is 0 Å². The Morgan fingerprint density at radius 3 is 2.22 bits per heavy atom. The Hall–Kier alpha value is -1.59. The van der Waals surface area contributed by atoms with Crippen LogP contribution in [0.5, 0.6) is 0 Å². The molecular formula is C12H12F4N2. The minimum atomic E-state index is -4.53. The van der Waals surface area contributed by atoms with Gasteiger partial charge in [-0.15, -0.1) is 0 Å². The van der Waals surface area contributed by atoms with Crippen LogP contribution in [0.25, 0.3) is 5.65 Å². The molecule has 98 valence electrons. The first-order valence-electron chi connectivity index (χ1n) is 5.35. The van der Waals surface area contributed by atoms with Crippen LogP contribution in [-0.4, -0.2) is 9.38 Å². The van der Waals surface area contributed by atoms with E-state index in [2.05, 4.69) is 4.98 Å². The Kier molecular flexibility index (Phi) is 2.64. The van der Waals surface area contributed by atoms with E-state index in [1.165, 1.54) is 6.07 Å². The van der Waals surface area contributed by atoms with Gasteiger partial charge in [0.05, 0.1) is 0 Å². The number of aromatic nitrogens is 2. The summed E-state index contributed by atoms with van der Waals surface area (Å²) in [6.45, 7) is 5.39. The van der Waals surface area contributed by atoms with E-state index in [4.69, 9.17) is 0 Å². The van der Waals surface area contributed by atoms with Crippen molar-refractivity contribution >= 4 is 5.65 Å². The first kappa shape index (κ1) is 12.9. The third kappa shape index (κ3) is 2.19. The fourth-order valence-corrected chi connectivity index (χ4v) is 1.75. The van der Waals surface area contributed by atoms with Gasteiger partial charge in [0.15, 0.2) is 5.69 Å². The molecule has 0 amide bonds. The Bertz CT molecular complexity index is 590. The fraction of sp³-hybridized carbons (Fsp3) is 0.417. The van der Waals surface area contributed by atoms with Crippen molar-refractivity contribution in [3.8, 4) is 0 Å². The molecule has 2 aromatic rings. The summed E-state index contributed by atoms with van der Waals surface area (Å²) in [6, 6.07) is 1.22. The van der Waals surface area contributed by atoms with Gasteiger partial charge in [-0.2, -0.15) is 13.2 Å². The summed E-state index contributed by atoms with van der Waals surface area (Å²) in [6.07, 6.45) is -2.74. The van der Waals surface area contributed by atoms with Gasteiger partial charge in [-0.05, 0) is 11.5 Å².